The Bertz CT molecular complexity index is 528. The second-order valence-corrected chi connectivity index (χ2v) is 6.46. The van der Waals surface area contributed by atoms with E-state index in [4.69, 9.17) is 4.74 Å². The molecule has 0 radical (unpaired) electrons. The van der Waals surface area contributed by atoms with Gasteiger partial charge in [0.2, 0.25) is 0 Å². The van der Waals surface area contributed by atoms with Gasteiger partial charge in [-0.2, -0.15) is 0 Å². The summed E-state index contributed by atoms with van der Waals surface area (Å²) in [5.41, 5.74) is 0.843. The SMILES string of the molecule is O=[N+]([O-])c1ccc(C(O)C2CCCCC2N2CCOCC2)cc1. The second kappa shape index (κ2) is 7.38. The van der Waals surface area contributed by atoms with Crippen LogP contribution in [0, 0.1) is 16.0 Å². The normalized spacial score (nSPS) is 27.5. The van der Waals surface area contributed by atoms with Crippen molar-refractivity contribution in [2.75, 3.05) is 26.3 Å². The molecule has 1 aromatic carbocycles. The lowest BCUT2D eigenvalue weighted by molar-refractivity contribution is -0.384. The molecular formula is C17H24N2O4. The average Bonchev–Trinajstić information content (AvgIpc) is 2.62. The van der Waals surface area contributed by atoms with E-state index in [-0.39, 0.29) is 11.6 Å². The highest BCUT2D eigenvalue weighted by Crippen LogP contribution is 2.37. The van der Waals surface area contributed by atoms with Crippen molar-refractivity contribution in [3.63, 3.8) is 0 Å². The van der Waals surface area contributed by atoms with Gasteiger partial charge >= 0.3 is 0 Å². The Balaban J connectivity index is 1.74. The van der Waals surface area contributed by atoms with Crippen LogP contribution in [0.5, 0.6) is 0 Å². The molecule has 2 fully saturated rings. The zero-order chi connectivity index (χ0) is 16.2. The molecule has 1 heterocycles. The molecule has 3 rings (SSSR count). The highest BCUT2D eigenvalue weighted by Gasteiger charge is 2.35. The Hall–Kier alpha value is -1.50. The van der Waals surface area contributed by atoms with E-state index in [0.29, 0.717) is 6.04 Å². The van der Waals surface area contributed by atoms with Gasteiger partial charge in [-0.15, -0.1) is 0 Å². The Morgan fingerprint density at radius 2 is 1.83 bits per heavy atom. The van der Waals surface area contributed by atoms with Crippen molar-refractivity contribution in [3.8, 4) is 0 Å². The predicted molar refractivity (Wildman–Crippen MR) is 86.2 cm³/mol. The first-order chi connectivity index (χ1) is 11.2. The Morgan fingerprint density at radius 3 is 2.48 bits per heavy atom. The summed E-state index contributed by atoms with van der Waals surface area (Å²) >= 11 is 0. The molecule has 0 spiro atoms. The fraction of sp³-hybridized carbons (Fsp3) is 0.647. The number of benzene rings is 1. The number of non-ortho nitro benzene ring substituents is 1. The second-order valence-electron chi connectivity index (χ2n) is 6.46. The van der Waals surface area contributed by atoms with Crippen LogP contribution in [0.1, 0.15) is 37.4 Å². The highest BCUT2D eigenvalue weighted by atomic mass is 16.6. The summed E-state index contributed by atoms with van der Waals surface area (Å²) in [5, 5.41) is 21.6. The molecule has 0 amide bonds. The zero-order valence-corrected chi connectivity index (χ0v) is 13.3. The molecule has 1 aliphatic carbocycles. The van der Waals surface area contributed by atoms with Gasteiger partial charge in [-0.3, -0.25) is 15.0 Å². The molecule has 1 saturated heterocycles. The molecule has 6 heteroatoms. The van der Waals surface area contributed by atoms with Crippen LogP contribution in [0.4, 0.5) is 5.69 Å². The van der Waals surface area contributed by atoms with Gasteiger partial charge in [0.1, 0.15) is 0 Å². The van der Waals surface area contributed by atoms with Gasteiger partial charge in [0.15, 0.2) is 0 Å². The predicted octanol–water partition coefficient (Wildman–Crippen LogP) is 2.52. The summed E-state index contributed by atoms with van der Waals surface area (Å²) in [6, 6.07) is 6.70. The van der Waals surface area contributed by atoms with Gasteiger partial charge in [-0.25, -0.2) is 0 Å². The van der Waals surface area contributed by atoms with Crippen molar-refractivity contribution in [1.29, 1.82) is 0 Å². The third kappa shape index (κ3) is 3.71. The summed E-state index contributed by atoms with van der Waals surface area (Å²) in [6.45, 7) is 3.37. The van der Waals surface area contributed by atoms with Gasteiger partial charge < -0.3 is 9.84 Å². The smallest absolute Gasteiger partial charge is 0.269 e. The third-order valence-corrected chi connectivity index (χ3v) is 5.15. The fourth-order valence-corrected chi connectivity index (χ4v) is 3.91. The minimum atomic E-state index is -0.566. The first-order valence-electron chi connectivity index (χ1n) is 8.41. The summed E-state index contributed by atoms with van der Waals surface area (Å²) in [7, 11) is 0. The van der Waals surface area contributed by atoms with Gasteiger partial charge in [0, 0.05) is 37.2 Å². The van der Waals surface area contributed by atoms with Crippen LogP contribution in [0.15, 0.2) is 24.3 Å². The van der Waals surface area contributed by atoms with Crippen molar-refractivity contribution in [2.24, 2.45) is 5.92 Å². The van der Waals surface area contributed by atoms with E-state index in [2.05, 4.69) is 4.90 Å². The van der Waals surface area contributed by atoms with Crippen molar-refractivity contribution >= 4 is 5.69 Å². The third-order valence-electron chi connectivity index (χ3n) is 5.15. The molecule has 0 bridgehead atoms. The van der Waals surface area contributed by atoms with Gasteiger partial charge in [0.05, 0.1) is 24.2 Å². The van der Waals surface area contributed by atoms with Crippen LogP contribution in [-0.2, 0) is 4.74 Å². The van der Waals surface area contributed by atoms with Crippen LogP contribution in [0.25, 0.3) is 0 Å². The topological polar surface area (TPSA) is 75.8 Å². The van der Waals surface area contributed by atoms with Crippen LogP contribution >= 0.6 is 0 Å². The van der Waals surface area contributed by atoms with E-state index in [9.17, 15) is 15.2 Å². The van der Waals surface area contributed by atoms with Gasteiger partial charge in [0.25, 0.3) is 5.69 Å². The van der Waals surface area contributed by atoms with E-state index in [1.54, 1.807) is 12.1 Å². The summed E-state index contributed by atoms with van der Waals surface area (Å²) in [4.78, 5) is 12.8. The molecule has 1 N–H and O–H groups in total. The van der Waals surface area contributed by atoms with Gasteiger partial charge in [-0.05, 0) is 30.5 Å². The lowest BCUT2D eigenvalue weighted by Gasteiger charge is -2.43. The van der Waals surface area contributed by atoms with Crippen LogP contribution < -0.4 is 0 Å². The lowest BCUT2D eigenvalue weighted by Crippen LogP contribution is -2.49. The number of nitro benzene ring substituents is 1. The lowest BCUT2D eigenvalue weighted by atomic mass is 9.78. The van der Waals surface area contributed by atoms with E-state index in [0.717, 1.165) is 51.1 Å². The minimum Gasteiger partial charge on any atom is -0.388 e. The maximum atomic E-state index is 10.8. The molecule has 0 aromatic heterocycles. The maximum absolute atomic E-state index is 10.8. The number of hydrogen-bond donors (Lipinski definition) is 1. The average molecular weight is 320 g/mol. The number of ether oxygens (including phenoxy) is 1. The molecule has 3 unspecified atom stereocenters. The molecule has 1 aliphatic heterocycles. The minimum absolute atomic E-state index is 0.0642. The summed E-state index contributed by atoms with van der Waals surface area (Å²) in [6.07, 6.45) is 3.87. The summed E-state index contributed by atoms with van der Waals surface area (Å²) < 4.78 is 5.44. The number of nitrogens with zero attached hydrogens (tertiary/aromatic N) is 2. The molecule has 2 aliphatic rings. The van der Waals surface area contributed by atoms with E-state index in [1.807, 2.05) is 0 Å². The number of rotatable bonds is 4. The quantitative estimate of drug-likeness (QED) is 0.681. The van der Waals surface area contributed by atoms with Crippen LogP contribution in [0.3, 0.4) is 0 Å². The Labute approximate surface area is 136 Å². The molecular weight excluding hydrogens is 296 g/mol. The van der Waals surface area contributed by atoms with Crippen molar-refractivity contribution in [3.05, 3.63) is 39.9 Å². The number of hydrogen-bond acceptors (Lipinski definition) is 5. The van der Waals surface area contributed by atoms with Crippen molar-refractivity contribution in [2.45, 2.75) is 37.8 Å². The van der Waals surface area contributed by atoms with Crippen molar-refractivity contribution in [1.82, 2.24) is 4.90 Å². The molecule has 1 aromatic rings. The van der Waals surface area contributed by atoms with E-state index >= 15 is 0 Å². The number of nitro groups is 1. The maximum Gasteiger partial charge on any atom is 0.269 e. The number of aliphatic hydroxyl groups excluding tert-OH is 1. The number of aliphatic hydroxyl groups is 1. The van der Waals surface area contributed by atoms with E-state index in [1.165, 1.54) is 18.6 Å². The highest BCUT2D eigenvalue weighted by molar-refractivity contribution is 5.34. The Kier molecular flexibility index (Phi) is 5.25. The van der Waals surface area contributed by atoms with Crippen molar-refractivity contribution < 1.29 is 14.8 Å². The zero-order valence-electron chi connectivity index (χ0n) is 13.3. The van der Waals surface area contributed by atoms with Crippen LogP contribution in [0.2, 0.25) is 0 Å². The van der Waals surface area contributed by atoms with E-state index < -0.39 is 11.0 Å². The summed E-state index contributed by atoms with van der Waals surface area (Å²) in [5.74, 6) is 0.184. The van der Waals surface area contributed by atoms with Gasteiger partial charge in [-0.1, -0.05) is 12.8 Å². The molecule has 23 heavy (non-hydrogen) atoms. The molecule has 6 nitrogen and oxygen atoms in total. The standard InChI is InChI=1S/C17H24N2O4/c20-17(13-5-7-14(8-6-13)19(21)22)15-3-1-2-4-16(15)18-9-11-23-12-10-18/h5-8,15-17,20H,1-4,9-12H2. The largest absolute Gasteiger partial charge is 0.388 e. The first kappa shape index (κ1) is 16.4. The molecule has 3 atom stereocenters. The first-order valence-corrected chi connectivity index (χ1v) is 8.41. The Morgan fingerprint density at radius 1 is 1.17 bits per heavy atom. The fourth-order valence-electron chi connectivity index (χ4n) is 3.91. The molecule has 126 valence electrons. The number of morpholine rings is 1. The monoisotopic (exact) mass is 320 g/mol. The van der Waals surface area contributed by atoms with Crippen LogP contribution in [-0.4, -0.2) is 47.3 Å². The molecule has 1 saturated carbocycles.